The quantitative estimate of drug-likeness (QED) is 0.841. The number of rotatable bonds is 4. The second-order valence-electron chi connectivity index (χ2n) is 6.38. The van der Waals surface area contributed by atoms with E-state index in [4.69, 9.17) is 10.5 Å². The van der Waals surface area contributed by atoms with Gasteiger partial charge in [0.1, 0.15) is 5.75 Å². The SMILES string of the molecule is COc1ccc(C(=O)Nc2ccccc2C(=O)N2CCCC(N)C2)cc1.Cl. The maximum absolute atomic E-state index is 12.9. The van der Waals surface area contributed by atoms with E-state index in [0.717, 1.165) is 12.8 Å². The number of piperidine rings is 1. The van der Waals surface area contributed by atoms with Gasteiger partial charge in [-0.05, 0) is 49.2 Å². The average Bonchev–Trinajstić information content (AvgIpc) is 2.68. The van der Waals surface area contributed by atoms with E-state index in [2.05, 4.69) is 5.32 Å². The van der Waals surface area contributed by atoms with Gasteiger partial charge in [0.15, 0.2) is 0 Å². The standard InChI is InChI=1S/C20H23N3O3.ClH/c1-26-16-10-8-14(9-11-16)19(24)22-18-7-3-2-6-17(18)20(25)23-12-4-5-15(21)13-23;/h2-3,6-11,15H,4-5,12-13,21H2,1H3,(H,22,24);1H. The van der Waals surface area contributed by atoms with Crippen LogP contribution >= 0.6 is 12.4 Å². The number of para-hydroxylation sites is 1. The van der Waals surface area contributed by atoms with Crippen molar-refractivity contribution in [1.82, 2.24) is 4.90 Å². The Bertz CT molecular complexity index is 795. The zero-order valence-electron chi connectivity index (χ0n) is 15.2. The van der Waals surface area contributed by atoms with E-state index in [1.807, 2.05) is 0 Å². The molecule has 0 spiro atoms. The Kier molecular flexibility index (Phi) is 7.21. The highest BCUT2D eigenvalue weighted by molar-refractivity contribution is 6.09. The van der Waals surface area contributed by atoms with Gasteiger partial charge in [-0.3, -0.25) is 9.59 Å². The van der Waals surface area contributed by atoms with Crippen molar-refractivity contribution in [3.63, 3.8) is 0 Å². The van der Waals surface area contributed by atoms with Crippen molar-refractivity contribution in [2.75, 3.05) is 25.5 Å². The molecule has 3 rings (SSSR count). The van der Waals surface area contributed by atoms with Gasteiger partial charge < -0.3 is 20.7 Å². The van der Waals surface area contributed by atoms with Crippen molar-refractivity contribution >= 4 is 29.9 Å². The van der Waals surface area contributed by atoms with Crippen LogP contribution in [-0.2, 0) is 0 Å². The van der Waals surface area contributed by atoms with Gasteiger partial charge in [0, 0.05) is 24.7 Å². The highest BCUT2D eigenvalue weighted by Crippen LogP contribution is 2.21. The van der Waals surface area contributed by atoms with E-state index >= 15 is 0 Å². The van der Waals surface area contributed by atoms with Crippen LogP contribution in [0.1, 0.15) is 33.6 Å². The average molecular weight is 390 g/mol. The first kappa shape index (κ1) is 20.7. The predicted molar refractivity (Wildman–Crippen MR) is 108 cm³/mol. The topological polar surface area (TPSA) is 84.7 Å². The summed E-state index contributed by atoms with van der Waals surface area (Å²) in [5.41, 5.74) is 7.45. The number of nitrogens with one attached hydrogen (secondary N) is 1. The lowest BCUT2D eigenvalue weighted by molar-refractivity contribution is 0.0710. The molecule has 1 heterocycles. The molecule has 1 saturated heterocycles. The molecular formula is C20H24ClN3O3. The predicted octanol–water partition coefficient (Wildman–Crippen LogP) is 2.93. The molecule has 7 heteroatoms. The number of methoxy groups -OCH3 is 1. The number of amides is 2. The minimum Gasteiger partial charge on any atom is -0.497 e. The molecular weight excluding hydrogens is 366 g/mol. The van der Waals surface area contributed by atoms with Gasteiger partial charge in [-0.2, -0.15) is 0 Å². The molecule has 3 N–H and O–H groups in total. The lowest BCUT2D eigenvalue weighted by atomic mass is 10.0. The number of hydrogen-bond donors (Lipinski definition) is 2. The Hall–Kier alpha value is -2.57. The molecule has 6 nitrogen and oxygen atoms in total. The third kappa shape index (κ3) is 4.99. The van der Waals surface area contributed by atoms with Gasteiger partial charge in [0.25, 0.3) is 11.8 Å². The smallest absolute Gasteiger partial charge is 0.256 e. The van der Waals surface area contributed by atoms with E-state index in [1.54, 1.807) is 60.5 Å². The minimum absolute atomic E-state index is 0. The molecule has 27 heavy (non-hydrogen) atoms. The highest BCUT2D eigenvalue weighted by atomic mass is 35.5. The van der Waals surface area contributed by atoms with Crippen LogP contribution in [0.15, 0.2) is 48.5 Å². The van der Waals surface area contributed by atoms with Crippen LogP contribution in [0.5, 0.6) is 5.75 Å². The number of hydrogen-bond acceptors (Lipinski definition) is 4. The van der Waals surface area contributed by atoms with Crippen molar-refractivity contribution in [1.29, 1.82) is 0 Å². The number of nitrogens with two attached hydrogens (primary N) is 1. The highest BCUT2D eigenvalue weighted by Gasteiger charge is 2.24. The molecule has 0 bridgehead atoms. The van der Waals surface area contributed by atoms with Gasteiger partial charge >= 0.3 is 0 Å². The van der Waals surface area contributed by atoms with E-state index in [-0.39, 0.29) is 30.3 Å². The molecule has 1 unspecified atom stereocenters. The number of ether oxygens (including phenoxy) is 1. The molecule has 0 aliphatic carbocycles. The number of benzene rings is 2. The molecule has 2 amide bonds. The first-order valence-corrected chi connectivity index (χ1v) is 8.68. The summed E-state index contributed by atoms with van der Waals surface area (Å²) < 4.78 is 5.10. The Morgan fingerprint density at radius 3 is 2.52 bits per heavy atom. The van der Waals surface area contributed by atoms with Crippen molar-refractivity contribution in [3.05, 3.63) is 59.7 Å². The molecule has 0 radical (unpaired) electrons. The summed E-state index contributed by atoms with van der Waals surface area (Å²) in [6.45, 7) is 1.23. The largest absolute Gasteiger partial charge is 0.497 e. The third-order valence-electron chi connectivity index (χ3n) is 4.50. The van der Waals surface area contributed by atoms with Crippen LogP contribution in [0.4, 0.5) is 5.69 Å². The normalized spacial score (nSPS) is 16.2. The second kappa shape index (κ2) is 9.39. The molecule has 1 aliphatic rings. The van der Waals surface area contributed by atoms with Crippen LogP contribution in [0.2, 0.25) is 0 Å². The van der Waals surface area contributed by atoms with Crippen LogP contribution in [0.3, 0.4) is 0 Å². The summed E-state index contributed by atoms with van der Waals surface area (Å²) in [6.07, 6.45) is 1.83. The fourth-order valence-corrected chi connectivity index (χ4v) is 3.08. The fourth-order valence-electron chi connectivity index (χ4n) is 3.08. The van der Waals surface area contributed by atoms with Gasteiger partial charge in [-0.1, -0.05) is 12.1 Å². The van der Waals surface area contributed by atoms with Gasteiger partial charge in [-0.15, -0.1) is 12.4 Å². The number of likely N-dealkylation sites (tertiary alicyclic amines) is 1. The van der Waals surface area contributed by atoms with Crippen molar-refractivity contribution < 1.29 is 14.3 Å². The minimum atomic E-state index is -0.275. The zero-order chi connectivity index (χ0) is 18.5. The van der Waals surface area contributed by atoms with E-state index < -0.39 is 0 Å². The molecule has 2 aromatic rings. The Morgan fingerprint density at radius 1 is 1.15 bits per heavy atom. The van der Waals surface area contributed by atoms with Gasteiger partial charge in [-0.25, -0.2) is 0 Å². The number of nitrogens with zero attached hydrogens (tertiary/aromatic N) is 1. The Morgan fingerprint density at radius 2 is 1.85 bits per heavy atom. The van der Waals surface area contributed by atoms with Crippen LogP contribution in [0.25, 0.3) is 0 Å². The van der Waals surface area contributed by atoms with Crippen molar-refractivity contribution in [3.8, 4) is 5.75 Å². The second-order valence-corrected chi connectivity index (χ2v) is 6.38. The fraction of sp³-hybridized carbons (Fsp3) is 0.300. The van der Waals surface area contributed by atoms with Crippen LogP contribution in [0, 0.1) is 0 Å². The monoisotopic (exact) mass is 389 g/mol. The number of halogens is 1. The molecule has 0 saturated carbocycles. The van der Waals surface area contributed by atoms with E-state index in [9.17, 15) is 9.59 Å². The van der Waals surface area contributed by atoms with Crippen LogP contribution in [-0.4, -0.2) is 43.0 Å². The number of carbonyl (C=O) groups excluding carboxylic acids is 2. The maximum Gasteiger partial charge on any atom is 0.256 e. The molecule has 1 atom stereocenters. The van der Waals surface area contributed by atoms with Crippen molar-refractivity contribution in [2.24, 2.45) is 5.73 Å². The summed E-state index contributed by atoms with van der Waals surface area (Å²) in [6, 6.07) is 13.9. The first-order valence-electron chi connectivity index (χ1n) is 8.68. The number of carbonyl (C=O) groups is 2. The summed E-state index contributed by atoms with van der Waals surface area (Å²) in [7, 11) is 1.57. The lowest BCUT2D eigenvalue weighted by Crippen LogP contribution is -2.45. The summed E-state index contributed by atoms with van der Waals surface area (Å²) in [5.74, 6) is 0.299. The molecule has 1 fully saturated rings. The van der Waals surface area contributed by atoms with Crippen molar-refractivity contribution in [2.45, 2.75) is 18.9 Å². The third-order valence-corrected chi connectivity index (χ3v) is 4.50. The molecule has 0 aromatic heterocycles. The van der Waals surface area contributed by atoms with E-state index in [1.165, 1.54) is 0 Å². The molecule has 1 aliphatic heterocycles. The molecule has 2 aromatic carbocycles. The van der Waals surface area contributed by atoms with Gasteiger partial charge in [0.05, 0.1) is 18.4 Å². The van der Waals surface area contributed by atoms with Crippen LogP contribution < -0.4 is 15.8 Å². The lowest BCUT2D eigenvalue weighted by Gasteiger charge is -2.31. The maximum atomic E-state index is 12.9. The van der Waals surface area contributed by atoms with Gasteiger partial charge in [0.2, 0.25) is 0 Å². The number of anilines is 1. The summed E-state index contributed by atoms with van der Waals surface area (Å²) in [4.78, 5) is 27.1. The first-order chi connectivity index (χ1) is 12.6. The summed E-state index contributed by atoms with van der Waals surface area (Å²) in [5, 5.41) is 2.84. The zero-order valence-corrected chi connectivity index (χ0v) is 16.0. The summed E-state index contributed by atoms with van der Waals surface area (Å²) >= 11 is 0. The Labute approximate surface area is 165 Å². The van der Waals surface area contributed by atoms with E-state index in [0.29, 0.717) is 35.7 Å². The molecule has 144 valence electrons. The Balaban J connectivity index is 0.00000261.